The Morgan fingerprint density at radius 1 is 0.914 bits per heavy atom. The lowest BCUT2D eigenvalue weighted by Gasteiger charge is -2.37. The number of hydrogen-bond donors (Lipinski definition) is 3. The van der Waals surface area contributed by atoms with Gasteiger partial charge >= 0.3 is 6.03 Å². The maximum absolute atomic E-state index is 12.4. The van der Waals surface area contributed by atoms with Crippen molar-refractivity contribution in [3.05, 3.63) is 60.2 Å². The zero-order valence-corrected chi connectivity index (χ0v) is 19.2. The highest BCUT2D eigenvalue weighted by atomic mass is 16.3. The number of aromatic nitrogens is 2. The second-order valence-corrected chi connectivity index (χ2v) is 8.66. The van der Waals surface area contributed by atoms with Crippen LogP contribution in [0.5, 0.6) is 5.75 Å². The van der Waals surface area contributed by atoms with Crippen molar-refractivity contribution < 1.29 is 14.7 Å². The first-order chi connectivity index (χ1) is 17.0. The van der Waals surface area contributed by atoms with Gasteiger partial charge in [-0.05, 0) is 29.8 Å². The van der Waals surface area contributed by atoms with E-state index in [0.29, 0.717) is 36.6 Å². The third-order valence-electron chi connectivity index (χ3n) is 6.42. The topological polar surface area (TPSA) is 128 Å². The fraction of sp³-hybridized carbons (Fsp3) is 0.280. The number of phenolic OH excluding ortho intramolecular Hbond substituents is 1. The van der Waals surface area contributed by atoms with Crippen molar-refractivity contribution in [3.63, 3.8) is 0 Å². The van der Waals surface area contributed by atoms with Crippen LogP contribution in [-0.2, 0) is 11.3 Å². The number of rotatable bonds is 5. The summed E-state index contributed by atoms with van der Waals surface area (Å²) in [6, 6.07) is 16.3. The molecule has 4 N–H and O–H groups in total. The highest BCUT2D eigenvalue weighted by molar-refractivity contribution is 6.05. The van der Waals surface area contributed by atoms with Gasteiger partial charge in [0.1, 0.15) is 5.75 Å². The van der Waals surface area contributed by atoms with E-state index < -0.39 is 0 Å². The molecule has 3 aromatic rings. The Bertz CT molecular complexity index is 1260. The van der Waals surface area contributed by atoms with E-state index in [4.69, 9.17) is 5.73 Å². The number of nitrogens with zero attached hydrogens (tertiary/aromatic N) is 5. The zero-order valence-electron chi connectivity index (χ0n) is 19.2. The number of anilines is 3. The van der Waals surface area contributed by atoms with Crippen molar-refractivity contribution in [1.82, 2.24) is 20.4 Å². The second-order valence-electron chi connectivity index (χ2n) is 8.66. The number of para-hydroxylation sites is 2. The number of carbonyl (C=O) groups is 2. The number of piperazine rings is 1. The van der Waals surface area contributed by atoms with E-state index in [2.05, 4.69) is 25.3 Å². The third kappa shape index (κ3) is 4.73. The van der Waals surface area contributed by atoms with Crippen molar-refractivity contribution >= 4 is 29.1 Å². The Morgan fingerprint density at radius 3 is 2.43 bits per heavy atom. The molecule has 2 fully saturated rings. The van der Waals surface area contributed by atoms with E-state index in [1.807, 2.05) is 36.4 Å². The van der Waals surface area contributed by atoms with Gasteiger partial charge in [0, 0.05) is 56.9 Å². The summed E-state index contributed by atoms with van der Waals surface area (Å²) < 4.78 is 0. The van der Waals surface area contributed by atoms with Crippen LogP contribution in [0, 0.1) is 0 Å². The summed E-state index contributed by atoms with van der Waals surface area (Å²) >= 11 is 0. The van der Waals surface area contributed by atoms with Gasteiger partial charge in [-0.25, -0.2) is 4.79 Å². The fourth-order valence-corrected chi connectivity index (χ4v) is 4.56. The van der Waals surface area contributed by atoms with Crippen LogP contribution in [0.15, 0.2) is 54.6 Å². The van der Waals surface area contributed by atoms with Gasteiger partial charge in [0.15, 0.2) is 5.82 Å². The number of benzene rings is 2. The number of urea groups is 1. The van der Waals surface area contributed by atoms with Crippen LogP contribution in [0.25, 0.3) is 11.3 Å². The predicted octanol–water partition coefficient (Wildman–Crippen LogP) is 2.20. The average Bonchev–Trinajstić information content (AvgIpc) is 2.86. The van der Waals surface area contributed by atoms with Gasteiger partial charge in [-0.1, -0.05) is 30.3 Å². The quantitative estimate of drug-likeness (QED) is 0.515. The number of amides is 3. The molecule has 2 aliphatic rings. The van der Waals surface area contributed by atoms with Crippen LogP contribution in [-0.4, -0.2) is 64.9 Å². The van der Waals surface area contributed by atoms with Crippen LogP contribution in [0.4, 0.5) is 22.0 Å². The number of aromatic hydroxyl groups is 1. The second kappa shape index (κ2) is 9.59. The Morgan fingerprint density at radius 2 is 1.66 bits per heavy atom. The maximum atomic E-state index is 12.4. The Balaban J connectivity index is 1.28. The molecule has 0 bridgehead atoms. The fourth-order valence-electron chi connectivity index (χ4n) is 4.56. The number of nitrogen functional groups attached to an aromatic ring is 1. The molecule has 2 saturated heterocycles. The first-order valence-electron chi connectivity index (χ1n) is 11.6. The largest absolute Gasteiger partial charge is 0.507 e. The number of imide groups is 1. The number of hydrogen-bond acceptors (Lipinski definition) is 8. The molecule has 2 aromatic carbocycles. The summed E-state index contributed by atoms with van der Waals surface area (Å²) in [5.41, 5.74) is 10.0. The minimum absolute atomic E-state index is 0.146. The molecule has 180 valence electrons. The van der Waals surface area contributed by atoms with E-state index >= 15 is 0 Å². The highest BCUT2D eigenvalue weighted by Crippen LogP contribution is 2.32. The predicted molar refractivity (Wildman–Crippen MR) is 133 cm³/mol. The Labute approximate surface area is 203 Å². The number of nitrogens with two attached hydrogens (primary N) is 1. The molecule has 1 aromatic heterocycles. The average molecular weight is 474 g/mol. The summed E-state index contributed by atoms with van der Waals surface area (Å²) in [5.74, 6) is 0.261. The minimum atomic E-state index is -0.376. The lowest BCUT2D eigenvalue weighted by molar-refractivity contribution is -0.120. The molecule has 3 heterocycles. The molecule has 35 heavy (non-hydrogen) atoms. The normalized spacial score (nSPS) is 16.9. The van der Waals surface area contributed by atoms with Crippen LogP contribution in [0.2, 0.25) is 0 Å². The molecule has 0 spiro atoms. The van der Waals surface area contributed by atoms with Gasteiger partial charge in [0.05, 0.1) is 11.4 Å². The van der Waals surface area contributed by atoms with Gasteiger partial charge in [-0.2, -0.15) is 0 Å². The lowest BCUT2D eigenvalue weighted by Crippen LogP contribution is -2.50. The van der Waals surface area contributed by atoms with Gasteiger partial charge in [-0.3, -0.25) is 19.9 Å². The summed E-state index contributed by atoms with van der Waals surface area (Å²) in [7, 11) is 0. The monoisotopic (exact) mass is 473 g/mol. The van der Waals surface area contributed by atoms with Gasteiger partial charge in [0.2, 0.25) is 5.91 Å². The van der Waals surface area contributed by atoms with Crippen LogP contribution < -0.4 is 20.9 Å². The molecule has 3 amide bonds. The Hall–Kier alpha value is -4.18. The lowest BCUT2D eigenvalue weighted by atomic mass is 10.1. The molecule has 10 nitrogen and oxygen atoms in total. The molecular weight excluding hydrogens is 446 g/mol. The highest BCUT2D eigenvalue weighted by Gasteiger charge is 2.27. The number of phenols is 1. The molecule has 0 unspecified atom stereocenters. The summed E-state index contributed by atoms with van der Waals surface area (Å²) in [6.07, 6.45) is 0.295. The van der Waals surface area contributed by atoms with Crippen molar-refractivity contribution in [2.24, 2.45) is 0 Å². The van der Waals surface area contributed by atoms with E-state index in [9.17, 15) is 14.7 Å². The number of carbonyl (C=O) groups excluding carboxylic acids is 2. The van der Waals surface area contributed by atoms with Crippen LogP contribution in [0.3, 0.4) is 0 Å². The molecule has 5 rings (SSSR count). The van der Waals surface area contributed by atoms with Crippen molar-refractivity contribution in [2.45, 2.75) is 13.0 Å². The van der Waals surface area contributed by atoms with Crippen LogP contribution in [0.1, 0.15) is 12.0 Å². The van der Waals surface area contributed by atoms with Gasteiger partial charge < -0.3 is 15.7 Å². The molecule has 0 radical (unpaired) electrons. The zero-order chi connectivity index (χ0) is 24.4. The standard InChI is InChI=1S/C25H27N7O3/c26-24-21(15-19(28-29-24)18-6-2-4-8-22(18)33)31-13-11-30(12-14-31)16-17-5-1-3-7-20(17)32-10-9-23(34)27-25(32)35/h1-8,15,33H,9-14,16H2,(H2,26,29)(H,27,34,35). The van der Waals surface area contributed by atoms with Crippen molar-refractivity contribution in [3.8, 4) is 17.0 Å². The first-order valence-corrected chi connectivity index (χ1v) is 11.6. The molecule has 10 heteroatoms. The minimum Gasteiger partial charge on any atom is -0.507 e. The summed E-state index contributed by atoms with van der Waals surface area (Å²) in [5, 5.41) is 20.9. The van der Waals surface area contributed by atoms with Crippen molar-refractivity contribution in [2.75, 3.05) is 48.3 Å². The Kier molecular flexibility index (Phi) is 6.19. The van der Waals surface area contributed by atoms with Crippen molar-refractivity contribution in [1.29, 1.82) is 0 Å². The SMILES string of the molecule is Nc1nnc(-c2ccccc2O)cc1N1CCN(Cc2ccccc2N2CCC(=O)NC2=O)CC1. The van der Waals surface area contributed by atoms with Crippen LogP contribution >= 0.6 is 0 Å². The molecule has 0 atom stereocenters. The van der Waals surface area contributed by atoms with E-state index in [0.717, 1.165) is 43.1 Å². The molecule has 0 saturated carbocycles. The molecule has 2 aliphatic heterocycles. The van der Waals surface area contributed by atoms with E-state index in [1.165, 1.54) is 0 Å². The van der Waals surface area contributed by atoms with E-state index in [-0.39, 0.29) is 17.7 Å². The molecular formula is C25H27N7O3. The summed E-state index contributed by atoms with van der Waals surface area (Å²) in [6.45, 7) is 4.16. The maximum Gasteiger partial charge on any atom is 0.328 e. The first kappa shape index (κ1) is 22.6. The van der Waals surface area contributed by atoms with Gasteiger partial charge in [-0.15, -0.1) is 10.2 Å². The molecule has 0 aliphatic carbocycles. The van der Waals surface area contributed by atoms with E-state index in [1.54, 1.807) is 23.1 Å². The smallest absolute Gasteiger partial charge is 0.328 e. The van der Waals surface area contributed by atoms with Gasteiger partial charge in [0.25, 0.3) is 0 Å². The third-order valence-corrected chi connectivity index (χ3v) is 6.42. The number of nitrogens with one attached hydrogen (secondary N) is 1. The summed E-state index contributed by atoms with van der Waals surface area (Å²) in [4.78, 5) is 30.1.